The molecule has 0 spiro atoms. The van der Waals surface area contributed by atoms with Gasteiger partial charge in [-0.15, -0.1) is 17.8 Å². The molecule has 21 heavy (non-hydrogen) atoms. The van der Waals surface area contributed by atoms with E-state index in [9.17, 15) is 0 Å². The molecule has 0 amide bonds. The fourth-order valence-corrected chi connectivity index (χ4v) is 3.40. The molecular formula is C18H28N2S. The molecule has 1 fully saturated rings. The van der Waals surface area contributed by atoms with E-state index in [1.165, 1.54) is 28.2 Å². The molecule has 0 aliphatic heterocycles. The fourth-order valence-electron chi connectivity index (χ4n) is 2.40. The summed E-state index contributed by atoms with van der Waals surface area (Å²) >= 11 is 1.91. The molecule has 116 valence electrons. The smallest absolute Gasteiger partial charge is 0.0601 e. The largest absolute Gasteiger partial charge is 0.307 e. The third-order valence-corrected chi connectivity index (χ3v) is 4.88. The number of hydrogen-bond donors (Lipinski definition) is 1. The quantitative estimate of drug-likeness (QED) is 0.771. The summed E-state index contributed by atoms with van der Waals surface area (Å²) in [6.45, 7) is 12.7. The van der Waals surface area contributed by atoms with Gasteiger partial charge in [-0.25, -0.2) is 0 Å². The van der Waals surface area contributed by atoms with E-state index in [-0.39, 0.29) is 5.54 Å². The van der Waals surface area contributed by atoms with E-state index in [1.807, 2.05) is 11.3 Å². The maximum Gasteiger partial charge on any atom is 0.0601 e. The molecule has 0 bridgehead atoms. The zero-order chi connectivity index (χ0) is 15.5. The van der Waals surface area contributed by atoms with Crippen molar-refractivity contribution in [1.82, 2.24) is 10.2 Å². The van der Waals surface area contributed by atoms with Crippen molar-refractivity contribution in [2.45, 2.75) is 59.2 Å². The Hall–Kier alpha value is -0.820. The van der Waals surface area contributed by atoms with Crippen LogP contribution in [0.3, 0.4) is 0 Å². The van der Waals surface area contributed by atoms with Crippen molar-refractivity contribution in [3.05, 3.63) is 21.4 Å². The molecule has 1 aromatic heterocycles. The molecule has 0 aromatic carbocycles. The first-order valence-electron chi connectivity index (χ1n) is 7.86. The third-order valence-electron chi connectivity index (χ3n) is 3.79. The van der Waals surface area contributed by atoms with Gasteiger partial charge in [-0.05, 0) is 58.1 Å². The highest BCUT2D eigenvalue weighted by molar-refractivity contribution is 7.12. The number of thiophene rings is 1. The molecular weight excluding hydrogens is 276 g/mol. The van der Waals surface area contributed by atoms with Crippen molar-refractivity contribution in [2.24, 2.45) is 5.92 Å². The van der Waals surface area contributed by atoms with Crippen molar-refractivity contribution in [3.63, 3.8) is 0 Å². The Morgan fingerprint density at radius 1 is 1.43 bits per heavy atom. The summed E-state index contributed by atoms with van der Waals surface area (Å²) in [4.78, 5) is 5.27. The molecule has 1 saturated carbocycles. The van der Waals surface area contributed by atoms with Crippen LogP contribution in [0.2, 0.25) is 0 Å². The second-order valence-electron chi connectivity index (χ2n) is 7.21. The van der Waals surface area contributed by atoms with Gasteiger partial charge in [0.1, 0.15) is 0 Å². The SMILES string of the molecule is C#CCN(Cc1cc(CNC(C)(C)C)sc1C)CC1CC1. The van der Waals surface area contributed by atoms with Crippen molar-refractivity contribution >= 4 is 11.3 Å². The average Bonchev–Trinajstić information content (AvgIpc) is 3.11. The summed E-state index contributed by atoms with van der Waals surface area (Å²) in [5.74, 6) is 3.70. The van der Waals surface area contributed by atoms with E-state index >= 15 is 0 Å². The highest BCUT2D eigenvalue weighted by Gasteiger charge is 2.24. The monoisotopic (exact) mass is 304 g/mol. The Bertz CT molecular complexity index is 500. The summed E-state index contributed by atoms with van der Waals surface area (Å²) < 4.78 is 0. The second kappa shape index (κ2) is 6.96. The van der Waals surface area contributed by atoms with Crippen LogP contribution in [0.4, 0.5) is 0 Å². The minimum absolute atomic E-state index is 0.166. The second-order valence-corrected chi connectivity index (χ2v) is 8.56. The Kier molecular flexibility index (Phi) is 5.48. The van der Waals surface area contributed by atoms with Gasteiger partial charge in [0.05, 0.1) is 6.54 Å². The molecule has 1 heterocycles. The summed E-state index contributed by atoms with van der Waals surface area (Å²) in [6.07, 6.45) is 8.28. The third kappa shape index (κ3) is 5.82. The van der Waals surface area contributed by atoms with Crippen molar-refractivity contribution in [2.75, 3.05) is 13.1 Å². The van der Waals surface area contributed by atoms with Crippen LogP contribution in [0.5, 0.6) is 0 Å². The van der Waals surface area contributed by atoms with Crippen LogP contribution in [0.25, 0.3) is 0 Å². The van der Waals surface area contributed by atoms with Crippen LogP contribution in [0.1, 0.15) is 48.9 Å². The van der Waals surface area contributed by atoms with Gasteiger partial charge in [0.15, 0.2) is 0 Å². The molecule has 1 aliphatic carbocycles. The minimum Gasteiger partial charge on any atom is -0.307 e. The van der Waals surface area contributed by atoms with Gasteiger partial charge in [-0.2, -0.15) is 0 Å². The topological polar surface area (TPSA) is 15.3 Å². The van der Waals surface area contributed by atoms with Gasteiger partial charge in [0.2, 0.25) is 0 Å². The maximum absolute atomic E-state index is 5.52. The van der Waals surface area contributed by atoms with Gasteiger partial charge in [-0.1, -0.05) is 5.92 Å². The predicted octanol–water partition coefficient (Wildman–Crippen LogP) is 3.79. The van der Waals surface area contributed by atoms with Gasteiger partial charge < -0.3 is 5.32 Å². The Labute approximate surface area is 133 Å². The van der Waals surface area contributed by atoms with Crippen LogP contribution in [-0.4, -0.2) is 23.5 Å². The lowest BCUT2D eigenvalue weighted by Crippen LogP contribution is -2.34. The molecule has 0 saturated heterocycles. The van der Waals surface area contributed by atoms with Gasteiger partial charge in [-0.3, -0.25) is 4.90 Å². The minimum atomic E-state index is 0.166. The van der Waals surface area contributed by atoms with Crippen LogP contribution >= 0.6 is 11.3 Å². The molecule has 0 unspecified atom stereocenters. The summed E-state index contributed by atoms with van der Waals surface area (Å²) in [6, 6.07) is 2.36. The standard InChI is InChI=1S/C18H28N2S/c1-6-9-20(12-15-7-8-15)13-16-10-17(21-14(16)2)11-19-18(3,4)5/h1,10,15,19H,7-9,11-13H2,2-5H3. The van der Waals surface area contributed by atoms with E-state index in [1.54, 1.807) is 0 Å². The van der Waals surface area contributed by atoms with Crippen molar-refractivity contribution in [1.29, 1.82) is 0 Å². The lowest BCUT2D eigenvalue weighted by Gasteiger charge is -2.20. The van der Waals surface area contributed by atoms with Crippen molar-refractivity contribution in [3.8, 4) is 12.3 Å². The molecule has 2 nitrogen and oxygen atoms in total. The molecule has 1 aliphatic rings. The van der Waals surface area contributed by atoms with E-state index in [0.29, 0.717) is 0 Å². The first kappa shape index (κ1) is 16.5. The highest BCUT2D eigenvalue weighted by Crippen LogP contribution is 2.31. The molecule has 1 aromatic rings. The van der Waals surface area contributed by atoms with E-state index in [0.717, 1.165) is 32.1 Å². The number of aryl methyl sites for hydroxylation is 1. The summed E-state index contributed by atoms with van der Waals surface area (Å²) in [5.41, 5.74) is 1.61. The lowest BCUT2D eigenvalue weighted by atomic mass is 10.1. The predicted molar refractivity (Wildman–Crippen MR) is 92.5 cm³/mol. The van der Waals surface area contributed by atoms with E-state index < -0.39 is 0 Å². The summed E-state index contributed by atoms with van der Waals surface area (Å²) in [5, 5.41) is 3.56. The van der Waals surface area contributed by atoms with Gasteiger partial charge in [0.25, 0.3) is 0 Å². The van der Waals surface area contributed by atoms with Gasteiger partial charge in [0, 0.05) is 34.9 Å². The Balaban J connectivity index is 1.95. The lowest BCUT2D eigenvalue weighted by molar-refractivity contribution is 0.286. The molecule has 2 rings (SSSR count). The zero-order valence-corrected chi connectivity index (χ0v) is 14.6. The van der Waals surface area contributed by atoms with E-state index in [4.69, 9.17) is 6.42 Å². The van der Waals surface area contributed by atoms with Crippen molar-refractivity contribution < 1.29 is 0 Å². The molecule has 0 atom stereocenters. The number of rotatable bonds is 7. The number of nitrogens with one attached hydrogen (secondary N) is 1. The van der Waals surface area contributed by atoms with Crippen LogP contribution < -0.4 is 5.32 Å². The van der Waals surface area contributed by atoms with Crippen LogP contribution in [0, 0.1) is 25.2 Å². The summed E-state index contributed by atoms with van der Waals surface area (Å²) in [7, 11) is 0. The first-order valence-corrected chi connectivity index (χ1v) is 8.68. The first-order chi connectivity index (χ1) is 9.87. The number of hydrogen-bond acceptors (Lipinski definition) is 3. The van der Waals surface area contributed by atoms with Crippen LogP contribution in [0.15, 0.2) is 6.07 Å². The average molecular weight is 305 g/mol. The van der Waals surface area contributed by atoms with Crippen LogP contribution in [-0.2, 0) is 13.1 Å². The molecule has 3 heteroatoms. The normalized spacial score (nSPS) is 15.4. The highest BCUT2D eigenvalue weighted by atomic mass is 32.1. The number of nitrogens with zero attached hydrogens (tertiary/aromatic N) is 1. The number of terminal acetylenes is 1. The maximum atomic E-state index is 5.52. The molecule has 0 radical (unpaired) electrons. The zero-order valence-electron chi connectivity index (χ0n) is 13.8. The van der Waals surface area contributed by atoms with Gasteiger partial charge >= 0.3 is 0 Å². The molecule has 1 N–H and O–H groups in total. The fraction of sp³-hybridized carbons (Fsp3) is 0.667. The van der Waals surface area contributed by atoms with E-state index in [2.05, 4.69) is 49.9 Å². The Morgan fingerprint density at radius 3 is 2.71 bits per heavy atom. The Morgan fingerprint density at radius 2 is 2.14 bits per heavy atom.